The quantitative estimate of drug-likeness (QED) is 0.917. The minimum absolute atomic E-state index is 0.396. The Morgan fingerprint density at radius 3 is 3.06 bits per heavy atom. The minimum atomic E-state index is 0.396. The van der Waals surface area contributed by atoms with Crippen molar-refractivity contribution in [3.8, 4) is 0 Å². The van der Waals surface area contributed by atoms with E-state index < -0.39 is 0 Å². The summed E-state index contributed by atoms with van der Waals surface area (Å²) in [4.78, 5) is 0. The molecule has 0 radical (unpaired) electrons. The van der Waals surface area contributed by atoms with Crippen LogP contribution in [0.2, 0.25) is 0 Å². The van der Waals surface area contributed by atoms with Crippen molar-refractivity contribution in [2.24, 2.45) is 0 Å². The third-order valence-corrected chi connectivity index (χ3v) is 3.71. The second-order valence-corrected chi connectivity index (χ2v) is 5.24. The summed E-state index contributed by atoms with van der Waals surface area (Å²) in [7, 11) is 1.81. The zero-order chi connectivity index (χ0) is 11.4. The molecule has 88 valence electrons. The fourth-order valence-corrected chi connectivity index (χ4v) is 2.78. The molecule has 2 nitrogen and oxygen atoms in total. The molecule has 0 amide bonds. The molecule has 1 aliphatic carbocycles. The fraction of sp³-hybridized carbons (Fsp3) is 0.538. The van der Waals surface area contributed by atoms with E-state index in [1.807, 2.05) is 7.11 Å². The Hall–Kier alpha value is -0.380. The van der Waals surface area contributed by atoms with Crippen LogP contribution in [0.4, 0.5) is 0 Å². The third kappa shape index (κ3) is 3.06. The van der Waals surface area contributed by atoms with Gasteiger partial charge in [0.15, 0.2) is 0 Å². The van der Waals surface area contributed by atoms with E-state index in [-0.39, 0.29) is 0 Å². The van der Waals surface area contributed by atoms with Crippen molar-refractivity contribution < 1.29 is 4.74 Å². The Bertz CT molecular complexity index is 342. The van der Waals surface area contributed by atoms with Crippen molar-refractivity contribution in [2.45, 2.75) is 38.0 Å². The van der Waals surface area contributed by atoms with Crippen LogP contribution in [-0.4, -0.2) is 19.3 Å². The lowest BCUT2D eigenvalue weighted by Gasteiger charge is -2.19. The molecule has 2 atom stereocenters. The molecule has 1 saturated carbocycles. The first-order valence-corrected chi connectivity index (χ1v) is 6.59. The van der Waals surface area contributed by atoms with E-state index in [4.69, 9.17) is 4.74 Å². The topological polar surface area (TPSA) is 21.3 Å². The molecule has 3 heteroatoms. The van der Waals surface area contributed by atoms with Crippen LogP contribution in [0.5, 0.6) is 0 Å². The van der Waals surface area contributed by atoms with Crippen LogP contribution in [0.1, 0.15) is 24.8 Å². The van der Waals surface area contributed by atoms with Crippen LogP contribution in [-0.2, 0) is 11.3 Å². The molecule has 1 aromatic rings. The second-order valence-electron chi connectivity index (χ2n) is 4.32. The van der Waals surface area contributed by atoms with Gasteiger partial charge in [-0.05, 0) is 37.0 Å². The van der Waals surface area contributed by atoms with Crippen molar-refractivity contribution >= 4 is 15.9 Å². The van der Waals surface area contributed by atoms with Gasteiger partial charge in [-0.25, -0.2) is 0 Å². The Balaban J connectivity index is 1.87. The molecule has 16 heavy (non-hydrogen) atoms. The highest BCUT2D eigenvalue weighted by Crippen LogP contribution is 2.22. The molecule has 0 heterocycles. The van der Waals surface area contributed by atoms with E-state index in [0.29, 0.717) is 12.1 Å². The normalized spacial score (nSPS) is 24.9. The molecule has 0 saturated heterocycles. The highest BCUT2D eigenvalue weighted by atomic mass is 79.9. The highest BCUT2D eigenvalue weighted by molar-refractivity contribution is 9.10. The summed E-state index contributed by atoms with van der Waals surface area (Å²) in [5.41, 5.74) is 1.32. The molecular weight excluding hydrogens is 266 g/mol. The van der Waals surface area contributed by atoms with Gasteiger partial charge in [-0.3, -0.25) is 0 Å². The molecule has 0 aromatic heterocycles. The lowest BCUT2D eigenvalue weighted by atomic mass is 10.2. The Kier molecular flexibility index (Phi) is 4.38. The number of methoxy groups -OCH3 is 1. The molecule has 2 rings (SSSR count). The predicted octanol–water partition coefficient (Wildman–Crippen LogP) is 3.11. The van der Waals surface area contributed by atoms with Gasteiger partial charge in [0.2, 0.25) is 0 Å². The number of benzene rings is 1. The predicted molar refractivity (Wildman–Crippen MR) is 69.4 cm³/mol. The summed E-state index contributed by atoms with van der Waals surface area (Å²) in [6.45, 7) is 0.921. The first kappa shape index (κ1) is 12.1. The molecule has 2 unspecified atom stereocenters. The number of halogens is 1. The SMILES string of the molecule is COC1CCCC1NCc1cccc(Br)c1. The van der Waals surface area contributed by atoms with Gasteiger partial charge >= 0.3 is 0 Å². The maximum absolute atomic E-state index is 5.46. The summed E-state index contributed by atoms with van der Waals surface area (Å²) in [6.07, 6.45) is 4.08. The van der Waals surface area contributed by atoms with E-state index in [0.717, 1.165) is 11.0 Å². The van der Waals surface area contributed by atoms with Crippen LogP contribution in [0.25, 0.3) is 0 Å². The first-order valence-electron chi connectivity index (χ1n) is 5.80. The van der Waals surface area contributed by atoms with E-state index in [1.165, 1.54) is 24.8 Å². The van der Waals surface area contributed by atoms with E-state index >= 15 is 0 Å². The third-order valence-electron chi connectivity index (χ3n) is 3.21. The largest absolute Gasteiger partial charge is 0.380 e. The average molecular weight is 284 g/mol. The number of rotatable bonds is 4. The molecule has 1 fully saturated rings. The van der Waals surface area contributed by atoms with Crippen LogP contribution in [0.3, 0.4) is 0 Å². The summed E-state index contributed by atoms with van der Waals surface area (Å²) in [5, 5.41) is 3.58. The van der Waals surface area contributed by atoms with Crippen LogP contribution < -0.4 is 5.32 Å². The maximum atomic E-state index is 5.46. The van der Waals surface area contributed by atoms with Crippen molar-refractivity contribution in [3.05, 3.63) is 34.3 Å². The van der Waals surface area contributed by atoms with Gasteiger partial charge in [0.1, 0.15) is 0 Å². The zero-order valence-electron chi connectivity index (χ0n) is 9.58. The van der Waals surface area contributed by atoms with E-state index in [1.54, 1.807) is 0 Å². The van der Waals surface area contributed by atoms with Gasteiger partial charge in [0.25, 0.3) is 0 Å². The smallest absolute Gasteiger partial charge is 0.0724 e. The summed E-state index contributed by atoms with van der Waals surface area (Å²) in [5.74, 6) is 0. The monoisotopic (exact) mass is 283 g/mol. The number of hydrogen-bond acceptors (Lipinski definition) is 2. The van der Waals surface area contributed by atoms with E-state index in [2.05, 4.69) is 45.5 Å². The minimum Gasteiger partial charge on any atom is -0.380 e. The summed E-state index contributed by atoms with van der Waals surface area (Å²) >= 11 is 3.49. The fourth-order valence-electron chi connectivity index (χ4n) is 2.34. The Labute approximate surface area is 106 Å². The lowest BCUT2D eigenvalue weighted by molar-refractivity contribution is 0.0847. The van der Waals surface area contributed by atoms with Gasteiger partial charge < -0.3 is 10.1 Å². The molecule has 1 aliphatic rings. The number of nitrogens with one attached hydrogen (secondary N) is 1. The number of ether oxygens (including phenoxy) is 1. The van der Waals surface area contributed by atoms with Crippen molar-refractivity contribution in [1.29, 1.82) is 0 Å². The first-order chi connectivity index (χ1) is 7.79. The summed E-state index contributed by atoms with van der Waals surface area (Å²) < 4.78 is 6.60. The van der Waals surface area contributed by atoms with Crippen LogP contribution in [0.15, 0.2) is 28.7 Å². The van der Waals surface area contributed by atoms with Crippen molar-refractivity contribution in [2.75, 3.05) is 7.11 Å². The zero-order valence-corrected chi connectivity index (χ0v) is 11.2. The average Bonchev–Trinajstić information content (AvgIpc) is 2.74. The van der Waals surface area contributed by atoms with Crippen molar-refractivity contribution in [3.63, 3.8) is 0 Å². The van der Waals surface area contributed by atoms with Gasteiger partial charge in [-0.1, -0.05) is 28.1 Å². The highest BCUT2D eigenvalue weighted by Gasteiger charge is 2.26. The molecular formula is C13H18BrNO. The molecule has 1 N–H and O–H groups in total. The van der Waals surface area contributed by atoms with Gasteiger partial charge in [-0.2, -0.15) is 0 Å². The Morgan fingerprint density at radius 1 is 1.44 bits per heavy atom. The lowest BCUT2D eigenvalue weighted by Crippen LogP contribution is -2.36. The van der Waals surface area contributed by atoms with Gasteiger partial charge in [-0.15, -0.1) is 0 Å². The maximum Gasteiger partial charge on any atom is 0.0724 e. The van der Waals surface area contributed by atoms with Gasteiger partial charge in [0, 0.05) is 24.2 Å². The van der Waals surface area contributed by atoms with Crippen LogP contribution >= 0.6 is 15.9 Å². The molecule has 0 spiro atoms. The van der Waals surface area contributed by atoms with Gasteiger partial charge in [0.05, 0.1) is 6.10 Å². The number of hydrogen-bond donors (Lipinski definition) is 1. The molecule has 0 bridgehead atoms. The molecule has 0 aliphatic heterocycles. The molecule has 1 aromatic carbocycles. The second kappa shape index (κ2) is 5.80. The standard InChI is InChI=1S/C13H18BrNO/c1-16-13-7-3-6-12(13)15-9-10-4-2-5-11(14)8-10/h2,4-5,8,12-13,15H,3,6-7,9H2,1H3. The summed E-state index contributed by atoms with van der Waals surface area (Å²) in [6, 6.07) is 8.95. The van der Waals surface area contributed by atoms with Crippen molar-refractivity contribution in [1.82, 2.24) is 5.32 Å². The van der Waals surface area contributed by atoms with E-state index in [9.17, 15) is 0 Å². The van der Waals surface area contributed by atoms with Crippen LogP contribution in [0, 0.1) is 0 Å². The Morgan fingerprint density at radius 2 is 2.31 bits per heavy atom.